The van der Waals surface area contributed by atoms with E-state index in [1.807, 2.05) is 0 Å². The summed E-state index contributed by atoms with van der Waals surface area (Å²) < 4.78 is 0. The second-order valence-corrected chi connectivity index (χ2v) is 13.3. The van der Waals surface area contributed by atoms with Crippen molar-refractivity contribution in [3.05, 3.63) is 29.8 Å². The zero-order valence-electron chi connectivity index (χ0n) is 29.9. The van der Waals surface area contributed by atoms with Crippen molar-refractivity contribution in [1.82, 2.24) is 31.5 Å². The molecule has 0 aliphatic carbocycles. The quantitative estimate of drug-likeness (QED) is 0.0591. The standard InChI is InChI=1S/C34H54N8O10/c1-19(2)15-24(30(47)41-26(18-43)34(51)52)40-31(48)25(16-21-9-11-22(44)12-10-21)38-28(45)17-37-32(49)27-8-6-14-42(27)33(50)23(7-4-5-13-35)39-29(46)20(3)36/h9-12,19-20,23-27,43-44H,4-8,13-18,35-36H2,1-3H3,(H,37,49)(H,38,45)(H,39,46)(H,40,48)(H,41,47)(H,51,52)/t20-,23-,24-,25-,26-,27-/m0/s1. The monoisotopic (exact) mass is 734 g/mol. The number of carboxylic acid groups (broad SMARTS) is 1. The summed E-state index contributed by atoms with van der Waals surface area (Å²) >= 11 is 0. The van der Waals surface area contributed by atoms with Gasteiger partial charge in [-0.05, 0) is 75.6 Å². The van der Waals surface area contributed by atoms with E-state index in [2.05, 4.69) is 26.6 Å². The van der Waals surface area contributed by atoms with Crippen LogP contribution < -0.4 is 38.1 Å². The molecule has 52 heavy (non-hydrogen) atoms. The number of likely N-dealkylation sites (tertiary alicyclic amines) is 1. The van der Waals surface area contributed by atoms with Crippen molar-refractivity contribution in [2.75, 3.05) is 26.2 Å². The molecule has 6 amide bonds. The second kappa shape index (κ2) is 21.5. The maximum absolute atomic E-state index is 13.6. The molecular formula is C34H54N8O10. The summed E-state index contributed by atoms with van der Waals surface area (Å²) in [7, 11) is 0. The number of rotatable bonds is 21. The number of aliphatic hydroxyl groups excluding tert-OH is 1. The Kier molecular flexibility index (Phi) is 18.0. The Bertz CT molecular complexity index is 1390. The number of hydrogen-bond donors (Lipinski definition) is 10. The molecule has 6 atom stereocenters. The van der Waals surface area contributed by atoms with Crippen molar-refractivity contribution in [3.8, 4) is 5.75 Å². The zero-order chi connectivity index (χ0) is 39.0. The number of aliphatic hydroxyl groups is 1. The van der Waals surface area contributed by atoms with Crippen molar-refractivity contribution in [2.24, 2.45) is 17.4 Å². The Morgan fingerprint density at radius 1 is 0.865 bits per heavy atom. The van der Waals surface area contributed by atoms with Crippen LogP contribution in [0.3, 0.4) is 0 Å². The van der Waals surface area contributed by atoms with E-state index in [0.29, 0.717) is 44.2 Å². The lowest BCUT2D eigenvalue weighted by molar-refractivity contribution is -0.143. The third-order valence-corrected chi connectivity index (χ3v) is 8.40. The molecule has 18 nitrogen and oxygen atoms in total. The normalized spacial score (nSPS) is 16.9. The first kappa shape index (κ1) is 43.4. The second-order valence-electron chi connectivity index (χ2n) is 13.3. The third-order valence-electron chi connectivity index (χ3n) is 8.40. The molecule has 1 aromatic rings. The number of carbonyl (C=O) groups excluding carboxylic acids is 6. The number of nitrogens with two attached hydrogens (primary N) is 2. The number of nitrogens with zero attached hydrogens (tertiary/aromatic N) is 1. The Morgan fingerprint density at radius 2 is 1.48 bits per heavy atom. The minimum atomic E-state index is -1.60. The maximum Gasteiger partial charge on any atom is 0.328 e. The molecule has 2 rings (SSSR count). The maximum atomic E-state index is 13.6. The molecule has 1 fully saturated rings. The summed E-state index contributed by atoms with van der Waals surface area (Å²) in [5.74, 6) is -5.59. The number of phenolic OH excluding ortho intramolecular Hbond substituents is 1. The number of unbranched alkanes of at least 4 members (excludes halogenated alkanes) is 1. The fourth-order valence-corrected chi connectivity index (χ4v) is 5.60. The van der Waals surface area contributed by atoms with Gasteiger partial charge in [-0.15, -0.1) is 0 Å². The summed E-state index contributed by atoms with van der Waals surface area (Å²) in [6.07, 6.45) is 2.34. The van der Waals surface area contributed by atoms with Crippen molar-refractivity contribution in [3.63, 3.8) is 0 Å². The first-order valence-corrected chi connectivity index (χ1v) is 17.4. The van der Waals surface area contributed by atoms with Gasteiger partial charge in [-0.3, -0.25) is 28.8 Å². The lowest BCUT2D eigenvalue weighted by Gasteiger charge is -2.29. The topological polar surface area (TPSA) is 296 Å². The van der Waals surface area contributed by atoms with Crippen LogP contribution in [0.15, 0.2) is 24.3 Å². The van der Waals surface area contributed by atoms with Gasteiger partial charge in [-0.25, -0.2) is 4.79 Å². The van der Waals surface area contributed by atoms with Gasteiger partial charge in [0.15, 0.2) is 0 Å². The number of nitrogens with one attached hydrogen (secondary N) is 5. The van der Waals surface area contributed by atoms with Crippen LogP contribution in [-0.2, 0) is 40.0 Å². The fraction of sp³-hybridized carbons (Fsp3) is 0.618. The predicted molar refractivity (Wildman–Crippen MR) is 188 cm³/mol. The number of amides is 6. The Hall–Kier alpha value is -4.81. The van der Waals surface area contributed by atoms with Gasteiger partial charge >= 0.3 is 5.97 Å². The van der Waals surface area contributed by atoms with E-state index in [1.54, 1.807) is 13.8 Å². The molecule has 290 valence electrons. The van der Waals surface area contributed by atoms with Crippen LogP contribution in [-0.4, -0.2) is 124 Å². The Labute approximate surface area is 302 Å². The fourth-order valence-electron chi connectivity index (χ4n) is 5.60. The number of aliphatic carboxylic acids is 1. The van der Waals surface area contributed by atoms with Crippen molar-refractivity contribution >= 4 is 41.4 Å². The first-order valence-electron chi connectivity index (χ1n) is 17.4. The van der Waals surface area contributed by atoms with Gasteiger partial charge in [0.05, 0.1) is 19.2 Å². The third kappa shape index (κ3) is 14.1. The largest absolute Gasteiger partial charge is 0.508 e. The minimum absolute atomic E-state index is 0.0281. The number of carbonyl (C=O) groups is 7. The molecule has 1 saturated heterocycles. The summed E-state index contributed by atoms with van der Waals surface area (Å²) in [5, 5.41) is 40.8. The van der Waals surface area contributed by atoms with Gasteiger partial charge in [0, 0.05) is 13.0 Å². The highest BCUT2D eigenvalue weighted by atomic mass is 16.4. The molecule has 18 heteroatoms. The summed E-state index contributed by atoms with van der Waals surface area (Å²) in [6.45, 7) is 4.28. The molecular weight excluding hydrogens is 680 g/mol. The Morgan fingerprint density at radius 3 is 2.06 bits per heavy atom. The number of hydrogen-bond acceptors (Lipinski definition) is 11. The molecule has 0 aromatic heterocycles. The minimum Gasteiger partial charge on any atom is -0.508 e. The van der Waals surface area contributed by atoms with Gasteiger partial charge in [0.2, 0.25) is 35.4 Å². The van der Waals surface area contributed by atoms with Crippen LogP contribution in [0.1, 0.15) is 64.9 Å². The molecule has 1 heterocycles. The highest BCUT2D eigenvalue weighted by molar-refractivity contribution is 5.96. The first-order chi connectivity index (χ1) is 24.6. The van der Waals surface area contributed by atoms with Crippen LogP contribution in [0, 0.1) is 5.92 Å². The summed E-state index contributed by atoms with van der Waals surface area (Å²) in [5.41, 5.74) is 11.8. The van der Waals surface area contributed by atoms with Gasteiger partial charge in [-0.2, -0.15) is 0 Å². The average molecular weight is 735 g/mol. The van der Waals surface area contributed by atoms with E-state index < -0.39 is 90.8 Å². The molecule has 0 bridgehead atoms. The highest BCUT2D eigenvalue weighted by Gasteiger charge is 2.38. The molecule has 0 spiro atoms. The predicted octanol–water partition coefficient (Wildman–Crippen LogP) is -2.42. The number of aromatic hydroxyl groups is 1. The smallest absolute Gasteiger partial charge is 0.328 e. The number of benzene rings is 1. The van der Waals surface area contributed by atoms with Crippen molar-refractivity contribution in [2.45, 2.75) is 102 Å². The lowest BCUT2D eigenvalue weighted by atomic mass is 10.0. The lowest BCUT2D eigenvalue weighted by Crippen LogP contribution is -2.58. The van der Waals surface area contributed by atoms with Crippen molar-refractivity contribution < 1.29 is 48.9 Å². The summed E-state index contributed by atoms with van der Waals surface area (Å²) in [6, 6.07) is -0.932. The molecule has 1 aliphatic rings. The van der Waals surface area contributed by atoms with E-state index in [4.69, 9.17) is 11.5 Å². The molecule has 0 radical (unpaired) electrons. The van der Waals surface area contributed by atoms with Gasteiger partial charge in [0.25, 0.3) is 0 Å². The van der Waals surface area contributed by atoms with Crippen LogP contribution in [0.4, 0.5) is 0 Å². The van der Waals surface area contributed by atoms with Crippen LogP contribution in [0.5, 0.6) is 5.75 Å². The number of carboxylic acids is 1. The van der Waals surface area contributed by atoms with E-state index in [1.165, 1.54) is 36.1 Å². The van der Waals surface area contributed by atoms with Crippen molar-refractivity contribution in [1.29, 1.82) is 0 Å². The van der Waals surface area contributed by atoms with E-state index >= 15 is 0 Å². The zero-order valence-corrected chi connectivity index (χ0v) is 29.9. The van der Waals surface area contributed by atoms with E-state index in [0.717, 1.165) is 0 Å². The molecule has 1 aliphatic heterocycles. The summed E-state index contributed by atoms with van der Waals surface area (Å²) in [4.78, 5) is 91.6. The molecule has 0 saturated carbocycles. The molecule has 0 unspecified atom stereocenters. The van der Waals surface area contributed by atoms with Crippen LogP contribution in [0.25, 0.3) is 0 Å². The Balaban J connectivity index is 2.17. The number of phenols is 1. The van der Waals surface area contributed by atoms with Crippen LogP contribution in [0.2, 0.25) is 0 Å². The van der Waals surface area contributed by atoms with E-state index in [9.17, 15) is 48.9 Å². The van der Waals surface area contributed by atoms with Gasteiger partial charge in [0.1, 0.15) is 36.0 Å². The van der Waals surface area contributed by atoms with Gasteiger partial charge < -0.3 is 58.3 Å². The van der Waals surface area contributed by atoms with E-state index in [-0.39, 0.29) is 31.1 Å². The highest BCUT2D eigenvalue weighted by Crippen LogP contribution is 2.20. The molecule has 1 aromatic carbocycles. The SMILES string of the molecule is CC(C)C[C@H](NC(=O)[C@H](Cc1ccc(O)cc1)NC(=O)CNC(=O)[C@@H]1CCCN1C(=O)[C@H](CCCCN)NC(=O)[C@H](C)N)C(=O)N[C@@H](CO)C(=O)O. The average Bonchev–Trinajstić information content (AvgIpc) is 3.59. The van der Waals surface area contributed by atoms with Gasteiger partial charge in [-0.1, -0.05) is 26.0 Å². The molecule has 12 N–H and O–H groups in total. The van der Waals surface area contributed by atoms with Crippen LogP contribution >= 0.6 is 0 Å².